The SMILES string of the molecule is N#C\C(=C/C=C/C(C#N)=C(\O)c1cc2ccccc2o1)C(=O)c1cc2ccccc2o1. The summed E-state index contributed by atoms with van der Waals surface area (Å²) >= 11 is 0. The smallest absolute Gasteiger partial charge is 0.238 e. The van der Waals surface area contributed by atoms with Gasteiger partial charge < -0.3 is 13.9 Å². The molecule has 0 amide bonds. The Morgan fingerprint density at radius 2 is 1.45 bits per heavy atom. The second kappa shape index (κ2) is 8.28. The summed E-state index contributed by atoms with van der Waals surface area (Å²) in [4.78, 5) is 12.6. The number of para-hydroxylation sites is 2. The minimum absolute atomic E-state index is 0.0450. The van der Waals surface area contributed by atoms with Gasteiger partial charge in [0.15, 0.2) is 17.3 Å². The molecule has 2 aromatic carbocycles. The number of benzene rings is 2. The molecule has 2 heterocycles. The van der Waals surface area contributed by atoms with Gasteiger partial charge >= 0.3 is 0 Å². The average molecular weight is 406 g/mol. The van der Waals surface area contributed by atoms with Gasteiger partial charge in [0, 0.05) is 10.8 Å². The number of Topliss-reactive ketones (excluding diaryl/α,β-unsaturated/α-hetero) is 1. The Kier molecular flexibility index (Phi) is 5.21. The third kappa shape index (κ3) is 3.87. The van der Waals surface area contributed by atoms with E-state index in [1.165, 1.54) is 18.2 Å². The van der Waals surface area contributed by atoms with Crippen LogP contribution in [-0.2, 0) is 0 Å². The molecule has 0 fully saturated rings. The van der Waals surface area contributed by atoms with E-state index < -0.39 is 5.78 Å². The van der Waals surface area contributed by atoms with E-state index in [-0.39, 0.29) is 28.4 Å². The van der Waals surface area contributed by atoms with Gasteiger partial charge in [-0.25, -0.2) is 0 Å². The zero-order chi connectivity index (χ0) is 21.8. The highest BCUT2D eigenvalue weighted by Gasteiger charge is 2.16. The number of aliphatic hydroxyl groups is 1. The average Bonchev–Trinajstić information content (AvgIpc) is 3.42. The van der Waals surface area contributed by atoms with Gasteiger partial charge in [0.2, 0.25) is 5.78 Å². The molecule has 0 saturated heterocycles. The van der Waals surface area contributed by atoms with Crippen LogP contribution in [0.1, 0.15) is 16.3 Å². The first kappa shape index (κ1) is 19.5. The fourth-order valence-corrected chi connectivity index (χ4v) is 3.03. The van der Waals surface area contributed by atoms with E-state index in [4.69, 9.17) is 8.83 Å². The van der Waals surface area contributed by atoms with Crippen molar-refractivity contribution >= 4 is 33.5 Å². The number of allylic oxidation sites excluding steroid dienone is 5. The molecule has 0 saturated carbocycles. The largest absolute Gasteiger partial charge is 0.503 e. The fraction of sp³-hybridized carbons (Fsp3) is 0. The van der Waals surface area contributed by atoms with Crippen molar-refractivity contribution in [2.75, 3.05) is 0 Å². The second-order valence-corrected chi connectivity index (χ2v) is 6.55. The Labute approximate surface area is 176 Å². The number of furan rings is 2. The first-order chi connectivity index (χ1) is 15.1. The van der Waals surface area contributed by atoms with E-state index in [9.17, 15) is 20.4 Å². The van der Waals surface area contributed by atoms with E-state index in [0.717, 1.165) is 10.8 Å². The fourth-order valence-electron chi connectivity index (χ4n) is 3.03. The first-order valence-electron chi connectivity index (χ1n) is 9.24. The van der Waals surface area contributed by atoms with Crippen LogP contribution in [0.3, 0.4) is 0 Å². The van der Waals surface area contributed by atoms with Crippen molar-refractivity contribution in [3.8, 4) is 12.1 Å². The third-order valence-electron chi connectivity index (χ3n) is 4.57. The van der Waals surface area contributed by atoms with E-state index in [1.807, 2.05) is 30.3 Å². The van der Waals surface area contributed by atoms with Crippen molar-refractivity contribution < 1.29 is 18.7 Å². The van der Waals surface area contributed by atoms with Crippen LogP contribution in [0.5, 0.6) is 0 Å². The van der Waals surface area contributed by atoms with Crippen LogP contribution in [0.2, 0.25) is 0 Å². The van der Waals surface area contributed by atoms with Crippen molar-refractivity contribution in [3.63, 3.8) is 0 Å². The van der Waals surface area contributed by atoms with Crippen molar-refractivity contribution in [2.45, 2.75) is 0 Å². The predicted octanol–water partition coefficient (Wildman–Crippen LogP) is 5.86. The molecule has 0 aliphatic heterocycles. The molecule has 1 N–H and O–H groups in total. The summed E-state index contributed by atoms with van der Waals surface area (Å²) in [5.41, 5.74) is 0.872. The van der Waals surface area contributed by atoms with Crippen LogP contribution >= 0.6 is 0 Å². The lowest BCUT2D eigenvalue weighted by atomic mass is 10.1. The summed E-state index contributed by atoms with van der Waals surface area (Å²) in [6.45, 7) is 0. The van der Waals surface area contributed by atoms with Gasteiger partial charge in [-0.1, -0.05) is 42.5 Å². The molecule has 0 spiro atoms. The lowest BCUT2D eigenvalue weighted by molar-refractivity contribution is 0.101. The van der Waals surface area contributed by atoms with Gasteiger partial charge in [0.1, 0.15) is 28.9 Å². The van der Waals surface area contributed by atoms with Crippen LogP contribution in [-0.4, -0.2) is 10.9 Å². The van der Waals surface area contributed by atoms with Gasteiger partial charge in [-0.05, 0) is 36.4 Å². The molecule has 0 radical (unpaired) electrons. The molecular formula is C25H14N2O4. The third-order valence-corrected chi connectivity index (χ3v) is 4.57. The minimum Gasteiger partial charge on any atom is -0.503 e. The number of carbonyl (C=O) groups is 1. The number of nitrogens with zero attached hydrogens (tertiary/aromatic N) is 2. The molecule has 0 atom stereocenters. The lowest BCUT2D eigenvalue weighted by Gasteiger charge is -1.96. The number of rotatable bonds is 5. The highest BCUT2D eigenvalue weighted by atomic mass is 16.4. The number of fused-ring (bicyclic) bond motifs is 2. The molecule has 31 heavy (non-hydrogen) atoms. The molecule has 4 rings (SSSR count). The van der Waals surface area contributed by atoms with Crippen molar-refractivity contribution in [1.82, 2.24) is 0 Å². The molecular weight excluding hydrogens is 392 g/mol. The molecule has 2 aromatic heterocycles. The Morgan fingerprint density at radius 3 is 2.03 bits per heavy atom. The van der Waals surface area contributed by atoms with E-state index in [2.05, 4.69) is 0 Å². The van der Waals surface area contributed by atoms with E-state index in [0.29, 0.717) is 11.2 Å². The summed E-state index contributed by atoms with van der Waals surface area (Å²) in [6, 6.07) is 21.3. The van der Waals surface area contributed by atoms with Gasteiger partial charge in [0.05, 0.1) is 5.57 Å². The minimum atomic E-state index is -0.577. The quantitative estimate of drug-likeness (QED) is 0.146. The van der Waals surface area contributed by atoms with Crippen LogP contribution in [0.25, 0.3) is 27.7 Å². The molecule has 0 bridgehead atoms. The first-order valence-corrected chi connectivity index (χ1v) is 9.24. The Morgan fingerprint density at radius 1 is 0.871 bits per heavy atom. The zero-order valence-corrected chi connectivity index (χ0v) is 16.1. The summed E-state index contributed by atoms with van der Waals surface area (Å²) in [5, 5.41) is 30.7. The number of carbonyl (C=O) groups excluding carboxylic acids is 1. The topological polar surface area (TPSA) is 111 Å². The molecule has 0 aliphatic carbocycles. The van der Waals surface area contributed by atoms with Crippen LogP contribution < -0.4 is 0 Å². The maximum atomic E-state index is 12.6. The van der Waals surface area contributed by atoms with Crippen molar-refractivity contribution in [2.24, 2.45) is 0 Å². The second-order valence-electron chi connectivity index (χ2n) is 6.55. The Hall–Kier alpha value is -4.81. The summed E-state index contributed by atoms with van der Waals surface area (Å²) in [6.07, 6.45) is 3.90. The van der Waals surface area contributed by atoms with Crippen LogP contribution in [0, 0.1) is 22.7 Å². The predicted molar refractivity (Wildman–Crippen MR) is 115 cm³/mol. The standard InChI is InChI=1S/C25H14N2O4/c26-14-18(24(28)22-12-16-6-1-3-10-20(16)30-22)8-5-9-19(15-27)25(29)23-13-17-7-2-4-11-21(17)31-23/h1-13,28H/b8-5+,19-9+,24-18+. The van der Waals surface area contributed by atoms with Crippen LogP contribution in [0.15, 0.2) is 98.9 Å². The molecule has 6 nitrogen and oxygen atoms in total. The normalized spacial score (nSPS) is 12.6. The Bertz CT molecular complexity index is 1420. The highest BCUT2D eigenvalue weighted by molar-refractivity contribution is 6.11. The summed E-state index contributed by atoms with van der Waals surface area (Å²) in [5.74, 6) is -0.730. The lowest BCUT2D eigenvalue weighted by Crippen LogP contribution is -1.99. The zero-order valence-electron chi connectivity index (χ0n) is 16.1. The van der Waals surface area contributed by atoms with Crippen molar-refractivity contribution in [3.05, 3.63) is 102 Å². The van der Waals surface area contributed by atoms with Gasteiger partial charge in [-0.2, -0.15) is 10.5 Å². The number of hydrogen-bond donors (Lipinski definition) is 1. The van der Waals surface area contributed by atoms with E-state index in [1.54, 1.807) is 42.5 Å². The van der Waals surface area contributed by atoms with Gasteiger partial charge in [0.25, 0.3) is 0 Å². The van der Waals surface area contributed by atoms with Crippen molar-refractivity contribution in [1.29, 1.82) is 10.5 Å². The molecule has 6 heteroatoms. The molecule has 0 aliphatic rings. The highest BCUT2D eigenvalue weighted by Crippen LogP contribution is 2.25. The monoisotopic (exact) mass is 406 g/mol. The number of ketones is 1. The molecule has 4 aromatic rings. The van der Waals surface area contributed by atoms with E-state index >= 15 is 0 Å². The number of aliphatic hydroxyl groups excluding tert-OH is 1. The Balaban J connectivity index is 1.61. The number of hydrogen-bond acceptors (Lipinski definition) is 6. The molecule has 0 unspecified atom stereocenters. The van der Waals surface area contributed by atoms with Crippen LogP contribution in [0.4, 0.5) is 0 Å². The maximum absolute atomic E-state index is 12.6. The summed E-state index contributed by atoms with van der Waals surface area (Å²) < 4.78 is 11.1. The molecule has 148 valence electrons. The maximum Gasteiger partial charge on any atom is 0.238 e. The van der Waals surface area contributed by atoms with Gasteiger partial charge in [-0.15, -0.1) is 0 Å². The van der Waals surface area contributed by atoms with Gasteiger partial charge in [-0.3, -0.25) is 4.79 Å². The number of nitriles is 2. The summed E-state index contributed by atoms with van der Waals surface area (Å²) in [7, 11) is 0.